The Morgan fingerprint density at radius 1 is 1.50 bits per heavy atom. The molecule has 0 saturated carbocycles. The summed E-state index contributed by atoms with van der Waals surface area (Å²) in [6.07, 6.45) is 5.57. The lowest BCUT2D eigenvalue weighted by molar-refractivity contribution is 0.0940. The molecule has 1 fully saturated rings. The third kappa shape index (κ3) is 3.11. The number of carbonyl (C=O) groups excluding carboxylic acids is 1. The van der Waals surface area contributed by atoms with Crippen molar-refractivity contribution in [3.63, 3.8) is 0 Å². The Balaban J connectivity index is 1.95. The first kappa shape index (κ1) is 15.3. The second kappa shape index (κ2) is 7.13. The van der Waals surface area contributed by atoms with Crippen molar-refractivity contribution in [3.8, 4) is 0 Å². The van der Waals surface area contributed by atoms with E-state index in [0.29, 0.717) is 19.1 Å². The van der Waals surface area contributed by atoms with Gasteiger partial charge in [-0.2, -0.15) is 0 Å². The molecule has 0 aliphatic carbocycles. The molecule has 0 spiro atoms. The summed E-state index contributed by atoms with van der Waals surface area (Å²) in [5, 5.41) is 6.32. The molecule has 1 atom stereocenters. The molecule has 3 heterocycles. The Labute approximate surface area is 133 Å². The highest BCUT2D eigenvalue weighted by Crippen LogP contribution is 2.36. The number of methoxy groups -OCH3 is 1. The van der Waals surface area contributed by atoms with Gasteiger partial charge in [-0.05, 0) is 19.4 Å². The van der Waals surface area contributed by atoms with E-state index >= 15 is 0 Å². The van der Waals surface area contributed by atoms with Crippen LogP contribution in [0.15, 0.2) is 12.4 Å². The van der Waals surface area contributed by atoms with Crippen molar-refractivity contribution in [2.45, 2.75) is 18.8 Å². The second-order valence-electron chi connectivity index (χ2n) is 5.35. The number of hydrogen-bond donors (Lipinski definition) is 2. The number of hydrogen-bond acceptors (Lipinski definition) is 6. The number of aromatic nitrogens is 2. The fourth-order valence-electron chi connectivity index (χ4n) is 2.84. The summed E-state index contributed by atoms with van der Waals surface area (Å²) in [6.45, 7) is 2.95. The van der Waals surface area contributed by atoms with E-state index in [2.05, 4.69) is 20.6 Å². The number of nitrogens with zero attached hydrogens (tertiary/aromatic N) is 2. The number of piperidine rings is 1. The average Bonchev–Trinajstić information content (AvgIpc) is 2.95. The maximum absolute atomic E-state index is 12.5. The molecule has 2 aromatic heterocycles. The SMILES string of the molecule is COCCNC(=O)c1sc2nccnc2c1[C@@H]1CCCNC1. The molecule has 6 nitrogen and oxygen atoms in total. The zero-order valence-electron chi connectivity index (χ0n) is 12.6. The molecule has 1 amide bonds. The molecule has 0 radical (unpaired) electrons. The first-order valence-corrected chi connectivity index (χ1v) is 8.34. The summed E-state index contributed by atoms with van der Waals surface area (Å²) in [6, 6.07) is 0. The minimum absolute atomic E-state index is 0.0533. The predicted octanol–water partition coefficient (Wildman–Crippen LogP) is 1.53. The van der Waals surface area contributed by atoms with Crippen LogP contribution in [-0.4, -0.2) is 49.2 Å². The summed E-state index contributed by atoms with van der Waals surface area (Å²) in [5.41, 5.74) is 1.92. The van der Waals surface area contributed by atoms with Crippen LogP contribution in [-0.2, 0) is 4.74 Å². The van der Waals surface area contributed by atoms with Gasteiger partial charge in [0.2, 0.25) is 0 Å². The van der Waals surface area contributed by atoms with Crippen LogP contribution >= 0.6 is 11.3 Å². The number of fused-ring (bicyclic) bond motifs is 1. The molecule has 7 heteroatoms. The molecule has 1 saturated heterocycles. The van der Waals surface area contributed by atoms with E-state index in [0.717, 1.165) is 46.7 Å². The molecule has 22 heavy (non-hydrogen) atoms. The second-order valence-corrected chi connectivity index (χ2v) is 6.35. The summed E-state index contributed by atoms with van der Waals surface area (Å²) >= 11 is 1.43. The highest BCUT2D eigenvalue weighted by Gasteiger charge is 2.27. The van der Waals surface area contributed by atoms with Crippen LogP contribution in [0.2, 0.25) is 0 Å². The molecule has 1 aliphatic rings. The van der Waals surface area contributed by atoms with Crippen LogP contribution in [0.25, 0.3) is 10.3 Å². The zero-order valence-corrected chi connectivity index (χ0v) is 13.4. The fourth-order valence-corrected chi connectivity index (χ4v) is 3.94. The molecule has 0 bridgehead atoms. The van der Waals surface area contributed by atoms with E-state index in [-0.39, 0.29) is 5.91 Å². The Morgan fingerprint density at radius 3 is 3.14 bits per heavy atom. The molecule has 2 N–H and O–H groups in total. The van der Waals surface area contributed by atoms with Gasteiger partial charge in [-0.1, -0.05) is 0 Å². The average molecular weight is 320 g/mol. The lowest BCUT2D eigenvalue weighted by Gasteiger charge is -2.23. The number of amides is 1. The third-order valence-corrected chi connectivity index (χ3v) is 4.97. The topological polar surface area (TPSA) is 76.1 Å². The van der Waals surface area contributed by atoms with Crippen LogP contribution in [0.5, 0.6) is 0 Å². The van der Waals surface area contributed by atoms with E-state index in [1.807, 2.05) is 0 Å². The Kier molecular flexibility index (Phi) is 4.97. The minimum Gasteiger partial charge on any atom is -0.383 e. The quantitative estimate of drug-likeness (QED) is 0.817. The maximum Gasteiger partial charge on any atom is 0.261 e. The molecule has 3 rings (SSSR count). The van der Waals surface area contributed by atoms with Crippen LogP contribution in [0.1, 0.15) is 34.0 Å². The molecule has 2 aromatic rings. The Morgan fingerprint density at radius 2 is 2.36 bits per heavy atom. The van der Waals surface area contributed by atoms with Gasteiger partial charge in [-0.25, -0.2) is 4.98 Å². The van der Waals surface area contributed by atoms with Gasteiger partial charge in [0.25, 0.3) is 5.91 Å². The first-order chi connectivity index (χ1) is 10.8. The van der Waals surface area contributed by atoms with Gasteiger partial charge in [-0.3, -0.25) is 9.78 Å². The van der Waals surface area contributed by atoms with E-state index in [4.69, 9.17) is 4.74 Å². The van der Waals surface area contributed by atoms with Crippen molar-refractivity contribution in [2.75, 3.05) is 33.4 Å². The standard InChI is InChI=1S/C15H20N4O2S/c1-21-8-7-18-14(20)13-11(10-3-2-4-16-9-10)12-15(22-13)19-6-5-17-12/h5-6,10,16H,2-4,7-9H2,1H3,(H,18,20)/t10-/m1/s1. The minimum atomic E-state index is -0.0533. The Hall–Kier alpha value is -1.57. The van der Waals surface area contributed by atoms with Gasteiger partial charge in [0.15, 0.2) is 0 Å². The van der Waals surface area contributed by atoms with E-state index in [1.54, 1.807) is 19.5 Å². The number of ether oxygens (including phenoxy) is 1. The van der Waals surface area contributed by atoms with Gasteiger partial charge in [0, 0.05) is 44.1 Å². The van der Waals surface area contributed by atoms with Crippen molar-refractivity contribution in [3.05, 3.63) is 22.8 Å². The number of thiophene rings is 1. The smallest absolute Gasteiger partial charge is 0.261 e. The predicted molar refractivity (Wildman–Crippen MR) is 86.5 cm³/mol. The lowest BCUT2D eigenvalue weighted by Crippen LogP contribution is -2.31. The number of carbonyl (C=O) groups is 1. The molecule has 0 unspecified atom stereocenters. The van der Waals surface area contributed by atoms with Crippen molar-refractivity contribution in [1.29, 1.82) is 0 Å². The van der Waals surface area contributed by atoms with E-state index < -0.39 is 0 Å². The fraction of sp³-hybridized carbons (Fsp3) is 0.533. The maximum atomic E-state index is 12.5. The van der Waals surface area contributed by atoms with E-state index in [1.165, 1.54) is 11.3 Å². The van der Waals surface area contributed by atoms with Crippen LogP contribution in [0, 0.1) is 0 Å². The largest absolute Gasteiger partial charge is 0.383 e. The van der Waals surface area contributed by atoms with Gasteiger partial charge in [0.05, 0.1) is 11.5 Å². The zero-order chi connectivity index (χ0) is 15.4. The normalized spacial score (nSPS) is 18.5. The van der Waals surface area contributed by atoms with Crippen molar-refractivity contribution >= 4 is 27.6 Å². The first-order valence-electron chi connectivity index (χ1n) is 7.52. The lowest BCUT2D eigenvalue weighted by atomic mass is 9.91. The third-order valence-electron chi connectivity index (χ3n) is 3.87. The van der Waals surface area contributed by atoms with Gasteiger partial charge < -0.3 is 15.4 Å². The monoisotopic (exact) mass is 320 g/mol. The van der Waals surface area contributed by atoms with Gasteiger partial charge in [-0.15, -0.1) is 11.3 Å². The summed E-state index contributed by atoms with van der Waals surface area (Å²) in [7, 11) is 1.62. The molecule has 0 aromatic carbocycles. The highest BCUT2D eigenvalue weighted by molar-refractivity contribution is 7.20. The summed E-state index contributed by atoms with van der Waals surface area (Å²) in [4.78, 5) is 22.9. The molecular weight excluding hydrogens is 300 g/mol. The van der Waals surface area contributed by atoms with Gasteiger partial charge in [0.1, 0.15) is 10.3 Å². The molecular formula is C15H20N4O2S. The summed E-state index contributed by atoms with van der Waals surface area (Å²) < 4.78 is 4.99. The molecule has 1 aliphatic heterocycles. The van der Waals surface area contributed by atoms with Crippen LogP contribution in [0.3, 0.4) is 0 Å². The highest BCUT2D eigenvalue weighted by atomic mass is 32.1. The van der Waals surface area contributed by atoms with Crippen molar-refractivity contribution in [2.24, 2.45) is 0 Å². The number of rotatable bonds is 5. The Bertz CT molecular complexity index is 652. The van der Waals surface area contributed by atoms with E-state index in [9.17, 15) is 4.79 Å². The van der Waals surface area contributed by atoms with Crippen LogP contribution in [0.4, 0.5) is 0 Å². The number of nitrogens with one attached hydrogen (secondary N) is 2. The molecule has 118 valence electrons. The van der Waals surface area contributed by atoms with Crippen molar-refractivity contribution < 1.29 is 9.53 Å². The van der Waals surface area contributed by atoms with Gasteiger partial charge >= 0.3 is 0 Å². The van der Waals surface area contributed by atoms with Crippen LogP contribution < -0.4 is 10.6 Å². The summed E-state index contributed by atoms with van der Waals surface area (Å²) in [5.74, 6) is 0.268. The van der Waals surface area contributed by atoms with Crippen molar-refractivity contribution in [1.82, 2.24) is 20.6 Å².